The monoisotopic (exact) mass is 291 g/mol. The second-order valence-corrected chi connectivity index (χ2v) is 5.55. The van der Waals surface area contributed by atoms with E-state index in [2.05, 4.69) is 0 Å². The molecule has 1 aliphatic rings. The topological polar surface area (TPSA) is 118 Å². The quantitative estimate of drug-likeness (QED) is 0.567. The lowest BCUT2D eigenvalue weighted by atomic mass is 9.95. The summed E-state index contributed by atoms with van der Waals surface area (Å²) in [6, 6.07) is 5.99. The highest BCUT2D eigenvalue weighted by atomic mass is 32.2. The first-order valence-electron chi connectivity index (χ1n) is 5.40. The SMILES string of the molecule is O=C1c2cccc3c(S(=O)(=O)[O-])ccc(c23)C(=O)N1[O-]. The number of rotatable bonds is 1. The van der Waals surface area contributed by atoms with E-state index in [9.17, 15) is 27.8 Å². The van der Waals surface area contributed by atoms with Crippen LogP contribution >= 0.6 is 0 Å². The molecule has 8 heteroatoms. The molecule has 0 aromatic heterocycles. The highest BCUT2D eigenvalue weighted by Crippen LogP contribution is 2.33. The Kier molecular flexibility index (Phi) is 2.45. The molecular weight excluding hydrogens is 286 g/mol. The van der Waals surface area contributed by atoms with Crippen LogP contribution in [0.4, 0.5) is 0 Å². The number of carbonyl (C=O) groups is 2. The molecule has 0 N–H and O–H groups in total. The lowest BCUT2D eigenvalue weighted by Crippen LogP contribution is -2.35. The van der Waals surface area contributed by atoms with Crippen LogP contribution in [0.5, 0.6) is 0 Å². The summed E-state index contributed by atoms with van der Waals surface area (Å²) >= 11 is 0. The normalized spacial score (nSPS) is 15.0. The van der Waals surface area contributed by atoms with Crippen molar-refractivity contribution in [1.29, 1.82) is 0 Å². The largest absolute Gasteiger partial charge is 0.749 e. The van der Waals surface area contributed by atoms with Gasteiger partial charge < -0.3 is 14.8 Å². The van der Waals surface area contributed by atoms with Gasteiger partial charge in [0.05, 0.1) is 4.90 Å². The molecule has 3 rings (SSSR count). The zero-order valence-electron chi connectivity index (χ0n) is 9.69. The van der Waals surface area contributed by atoms with Crippen molar-refractivity contribution in [2.45, 2.75) is 4.90 Å². The molecule has 1 heterocycles. The van der Waals surface area contributed by atoms with E-state index in [4.69, 9.17) is 0 Å². The van der Waals surface area contributed by atoms with E-state index in [-0.39, 0.29) is 27.0 Å². The Labute approximate surface area is 112 Å². The van der Waals surface area contributed by atoms with Crippen molar-refractivity contribution in [3.8, 4) is 0 Å². The Balaban J connectivity index is 2.54. The molecule has 102 valence electrons. The van der Waals surface area contributed by atoms with Gasteiger partial charge in [0.1, 0.15) is 10.1 Å². The summed E-state index contributed by atoms with van der Waals surface area (Å²) in [6.07, 6.45) is 0. The Bertz CT molecular complexity index is 864. The Morgan fingerprint density at radius 2 is 1.55 bits per heavy atom. The number of nitrogens with zero attached hydrogens (tertiary/aromatic N) is 1. The van der Waals surface area contributed by atoms with Gasteiger partial charge in [0, 0.05) is 21.9 Å². The molecule has 20 heavy (non-hydrogen) atoms. The van der Waals surface area contributed by atoms with Crippen molar-refractivity contribution in [3.63, 3.8) is 0 Å². The minimum absolute atomic E-state index is 0.0199. The van der Waals surface area contributed by atoms with E-state index >= 15 is 0 Å². The maximum absolute atomic E-state index is 11.7. The summed E-state index contributed by atoms with van der Waals surface area (Å²) in [4.78, 5) is 22.9. The fourth-order valence-corrected chi connectivity index (χ4v) is 2.94. The maximum atomic E-state index is 11.7. The van der Waals surface area contributed by atoms with E-state index in [1.54, 1.807) is 0 Å². The summed E-state index contributed by atoms with van der Waals surface area (Å²) in [5.41, 5.74) is -0.199. The van der Waals surface area contributed by atoms with Gasteiger partial charge in [-0.25, -0.2) is 8.42 Å². The van der Waals surface area contributed by atoms with Gasteiger partial charge in [0.25, 0.3) is 11.8 Å². The van der Waals surface area contributed by atoms with Gasteiger partial charge in [-0.15, -0.1) is 0 Å². The molecule has 0 unspecified atom stereocenters. The van der Waals surface area contributed by atoms with Crippen LogP contribution in [0.15, 0.2) is 35.2 Å². The van der Waals surface area contributed by atoms with Crippen molar-refractivity contribution in [1.82, 2.24) is 5.06 Å². The van der Waals surface area contributed by atoms with Gasteiger partial charge in [-0.3, -0.25) is 9.59 Å². The molecular formula is C12H5NO6S-2. The first-order chi connectivity index (χ1) is 9.32. The predicted octanol–water partition coefficient (Wildman–Crippen LogP) is 0.838. The van der Waals surface area contributed by atoms with Crippen LogP contribution in [0.2, 0.25) is 0 Å². The molecule has 0 bridgehead atoms. The smallest absolute Gasteiger partial charge is 0.250 e. The van der Waals surface area contributed by atoms with Gasteiger partial charge in [0.2, 0.25) is 0 Å². The predicted molar refractivity (Wildman–Crippen MR) is 65.8 cm³/mol. The Morgan fingerprint density at radius 1 is 0.950 bits per heavy atom. The summed E-state index contributed by atoms with van der Waals surface area (Å²) in [5.74, 6) is -2.15. The van der Waals surface area contributed by atoms with Crippen LogP contribution in [-0.2, 0) is 10.1 Å². The fourth-order valence-electron chi connectivity index (χ4n) is 2.27. The fraction of sp³-hybridized carbons (Fsp3) is 0. The third kappa shape index (κ3) is 1.56. The highest BCUT2D eigenvalue weighted by Gasteiger charge is 2.28. The summed E-state index contributed by atoms with van der Waals surface area (Å²) in [7, 11) is -4.76. The number of benzene rings is 2. The maximum Gasteiger partial charge on any atom is 0.250 e. The second-order valence-electron chi connectivity index (χ2n) is 4.20. The summed E-state index contributed by atoms with van der Waals surface area (Å²) in [5, 5.41) is 11.1. The highest BCUT2D eigenvalue weighted by molar-refractivity contribution is 7.86. The van der Waals surface area contributed by atoms with Gasteiger partial charge >= 0.3 is 0 Å². The third-order valence-electron chi connectivity index (χ3n) is 3.10. The lowest BCUT2D eigenvalue weighted by molar-refractivity contribution is 0.0680. The third-order valence-corrected chi connectivity index (χ3v) is 3.99. The zero-order chi connectivity index (χ0) is 14.7. The first-order valence-corrected chi connectivity index (χ1v) is 6.81. The average Bonchev–Trinajstić information content (AvgIpc) is 2.40. The molecule has 0 fully saturated rings. The van der Waals surface area contributed by atoms with Crippen molar-refractivity contribution < 1.29 is 22.6 Å². The van der Waals surface area contributed by atoms with Gasteiger partial charge in [0.15, 0.2) is 0 Å². The molecule has 0 saturated carbocycles. The van der Waals surface area contributed by atoms with Crippen molar-refractivity contribution in [3.05, 3.63) is 46.7 Å². The number of hydrogen-bond acceptors (Lipinski definition) is 6. The molecule has 0 saturated heterocycles. The van der Waals surface area contributed by atoms with Crippen molar-refractivity contribution in [2.24, 2.45) is 0 Å². The van der Waals surface area contributed by atoms with Crippen LogP contribution < -0.4 is 0 Å². The average molecular weight is 291 g/mol. The van der Waals surface area contributed by atoms with Gasteiger partial charge in [-0.1, -0.05) is 12.1 Å². The van der Waals surface area contributed by atoms with E-state index in [0.717, 1.165) is 12.1 Å². The molecule has 0 aliphatic carbocycles. The van der Waals surface area contributed by atoms with Crippen LogP contribution in [0.25, 0.3) is 10.8 Å². The lowest BCUT2D eigenvalue weighted by Gasteiger charge is -2.31. The van der Waals surface area contributed by atoms with E-state index < -0.39 is 26.8 Å². The zero-order valence-corrected chi connectivity index (χ0v) is 10.5. The first kappa shape index (κ1) is 12.7. The summed E-state index contributed by atoms with van der Waals surface area (Å²) < 4.78 is 33.6. The van der Waals surface area contributed by atoms with Crippen LogP contribution in [0.3, 0.4) is 0 Å². The molecule has 0 spiro atoms. The number of carbonyl (C=O) groups excluding carboxylic acids is 2. The minimum Gasteiger partial charge on any atom is -0.749 e. The number of hydrogen-bond donors (Lipinski definition) is 0. The molecule has 2 aromatic rings. The Hall–Kier alpha value is -2.29. The second kappa shape index (κ2) is 3.85. The van der Waals surface area contributed by atoms with E-state index in [1.807, 2.05) is 0 Å². The number of hydroxylamine groups is 2. The molecule has 2 aromatic carbocycles. The molecule has 2 amide bonds. The number of amides is 2. The molecule has 1 aliphatic heterocycles. The molecule has 0 radical (unpaired) electrons. The van der Waals surface area contributed by atoms with E-state index in [0.29, 0.717) is 0 Å². The minimum atomic E-state index is -4.76. The van der Waals surface area contributed by atoms with E-state index in [1.165, 1.54) is 18.2 Å². The molecule has 7 nitrogen and oxygen atoms in total. The van der Waals surface area contributed by atoms with Crippen LogP contribution in [0.1, 0.15) is 20.7 Å². The standard InChI is InChI=1S/C12H6NO6S/c14-11-7-3-1-2-6-9(20(17,18)19)5-4-8(10(6)7)12(15)13(11)16/h1-5H,(H,17,18,19)/q-1/p-1. The Morgan fingerprint density at radius 3 is 2.15 bits per heavy atom. The summed E-state index contributed by atoms with van der Waals surface area (Å²) in [6.45, 7) is 0. The van der Waals surface area contributed by atoms with Crippen molar-refractivity contribution in [2.75, 3.05) is 0 Å². The van der Waals surface area contributed by atoms with Gasteiger partial charge in [-0.2, -0.15) is 0 Å². The molecule has 0 atom stereocenters. The van der Waals surface area contributed by atoms with Crippen LogP contribution in [0, 0.1) is 5.21 Å². The number of imide groups is 1. The van der Waals surface area contributed by atoms with Crippen molar-refractivity contribution >= 4 is 32.7 Å². The van der Waals surface area contributed by atoms with Gasteiger partial charge in [-0.05, 0) is 18.2 Å². The van der Waals surface area contributed by atoms with Crippen LogP contribution in [-0.4, -0.2) is 29.8 Å².